The molecule has 1 atom stereocenters. The van der Waals surface area contributed by atoms with Gasteiger partial charge < -0.3 is 5.11 Å². The van der Waals surface area contributed by atoms with Crippen molar-refractivity contribution in [1.29, 1.82) is 0 Å². The van der Waals surface area contributed by atoms with Crippen LogP contribution in [0.5, 0.6) is 0 Å². The fraction of sp³-hybridized carbons (Fsp3) is 0.588. The van der Waals surface area contributed by atoms with Gasteiger partial charge in [-0.3, -0.25) is 9.69 Å². The van der Waals surface area contributed by atoms with Gasteiger partial charge in [0, 0.05) is 18.5 Å². The Labute approximate surface area is 121 Å². The Morgan fingerprint density at radius 3 is 2.70 bits per heavy atom. The zero-order valence-corrected chi connectivity index (χ0v) is 12.5. The van der Waals surface area contributed by atoms with E-state index in [1.807, 2.05) is 0 Å². The number of carbonyl (C=O) groups is 1. The molecule has 1 aromatic carbocycles. The van der Waals surface area contributed by atoms with Crippen molar-refractivity contribution in [3.63, 3.8) is 0 Å². The molecule has 0 bridgehead atoms. The Hall–Kier alpha value is -1.35. The van der Waals surface area contributed by atoms with Crippen LogP contribution in [0.15, 0.2) is 24.3 Å². The SMILES string of the molecule is CC(C)N(CCCC(=O)O)C1CCc2ccccc2C1. The van der Waals surface area contributed by atoms with Gasteiger partial charge in [-0.15, -0.1) is 0 Å². The van der Waals surface area contributed by atoms with Gasteiger partial charge in [0.25, 0.3) is 0 Å². The molecule has 1 aliphatic rings. The summed E-state index contributed by atoms with van der Waals surface area (Å²) in [6, 6.07) is 9.72. The predicted octanol–water partition coefficient (Wildman–Crippen LogP) is 3.12. The smallest absolute Gasteiger partial charge is 0.303 e. The second kappa shape index (κ2) is 6.89. The molecule has 1 N–H and O–H groups in total. The summed E-state index contributed by atoms with van der Waals surface area (Å²) < 4.78 is 0. The maximum Gasteiger partial charge on any atom is 0.303 e. The number of carboxylic acid groups (broad SMARTS) is 1. The van der Waals surface area contributed by atoms with Crippen LogP contribution in [0.1, 0.15) is 44.2 Å². The second-order valence-corrected chi connectivity index (χ2v) is 5.99. The molecule has 2 rings (SSSR count). The summed E-state index contributed by atoms with van der Waals surface area (Å²) in [5.41, 5.74) is 2.95. The lowest BCUT2D eigenvalue weighted by Crippen LogP contribution is -2.44. The molecule has 0 aromatic heterocycles. The third kappa shape index (κ3) is 3.83. The summed E-state index contributed by atoms with van der Waals surface area (Å²) in [4.78, 5) is 13.2. The molecule has 0 aliphatic heterocycles. The van der Waals surface area contributed by atoms with E-state index >= 15 is 0 Å². The first-order valence-electron chi connectivity index (χ1n) is 7.62. The van der Waals surface area contributed by atoms with Crippen LogP contribution in [0.25, 0.3) is 0 Å². The van der Waals surface area contributed by atoms with E-state index in [0.717, 1.165) is 25.8 Å². The van der Waals surface area contributed by atoms with Gasteiger partial charge in [0.2, 0.25) is 0 Å². The van der Waals surface area contributed by atoms with Gasteiger partial charge in [-0.25, -0.2) is 0 Å². The highest BCUT2D eigenvalue weighted by Gasteiger charge is 2.25. The molecule has 0 heterocycles. The van der Waals surface area contributed by atoms with Crippen molar-refractivity contribution in [3.05, 3.63) is 35.4 Å². The molecule has 1 aliphatic carbocycles. The number of aliphatic carboxylic acids is 1. The molecule has 0 spiro atoms. The van der Waals surface area contributed by atoms with E-state index in [9.17, 15) is 4.79 Å². The molecule has 1 unspecified atom stereocenters. The Kier molecular flexibility index (Phi) is 5.18. The first-order chi connectivity index (χ1) is 9.58. The van der Waals surface area contributed by atoms with E-state index < -0.39 is 5.97 Å². The predicted molar refractivity (Wildman–Crippen MR) is 81.0 cm³/mol. The van der Waals surface area contributed by atoms with E-state index in [2.05, 4.69) is 43.0 Å². The van der Waals surface area contributed by atoms with Crippen molar-refractivity contribution in [2.24, 2.45) is 0 Å². The first kappa shape index (κ1) is 15.0. The van der Waals surface area contributed by atoms with Crippen molar-refractivity contribution in [2.75, 3.05) is 6.54 Å². The van der Waals surface area contributed by atoms with Gasteiger partial charge in [0.05, 0.1) is 0 Å². The van der Waals surface area contributed by atoms with Crippen LogP contribution in [0.4, 0.5) is 0 Å². The van der Waals surface area contributed by atoms with Gasteiger partial charge in [0.15, 0.2) is 0 Å². The van der Waals surface area contributed by atoms with E-state index in [4.69, 9.17) is 5.11 Å². The lowest BCUT2D eigenvalue weighted by molar-refractivity contribution is -0.137. The van der Waals surface area contributed by atoms with Crippen LogP contribution in [0.2, 0.25) is 0 Å². The number of aryl methyl sites for hydroxylation is 1. The number of benzene rings is 1. The fourth-order valence-electron chi connectivity index (χ4n) is 3.24. The molecular weight excluding hydrogens is 250 g/mol. The molecule has 0 saturated heterocycles. The third-order valence-electron chi connectivity index (χ3n) is 4.26. The zero-order valence-electron chi connectivity index (χ0n) is 12.5. The van der Waals surface area contributed by atoms with Crippen molar-refractivity contribution >= 4 is 5.97 Å². The van der Waals surface area contributed by atoms with Crippen molar-refractivity contribution in [1.82, 2.24) is 4.90 Å². The molecule has 110 valence electrons. The molecule has 0 saturated carbocycles. The average Bonchev–Trinajstić information content (AvgIpc) is 2.42. The van der Waals surface area contributed by atoms with Gasteiger partial charge in [-0.05, 0) is 57.2 Å². The molecule has 3 nitrogen and oxygen atoms in total. The van der Waals surface area contributed by atoms with Gasteiger partial charge >= 0.3 is 5.97 Å². The Bertz CT molecular complexity index is 456. The normalized spacial score (nSPS) is 18.3. The van der Waals surface area contributed by atoms with Crippen LogP contribution >= 0.6 is 0 Å². The summed E-state index contributed by atoms with van der Waals surface area (Å²) in [5, 5.41) is 8.79. The summed E-state index contributed by atoms with van der Waals surface area (Å²) in [6.45, 7) is 5.30. The number of rotatable bonds is 6. The summed E-state index contributed by atoms with van der Waals surface area (Å²) in [6.07, 6.45) is 4.44. The highest BCUT2D eigenvalue weighted by Crippen LogP contribution is 2.25. The summed E-state index contributed by atoms with van der Waals surface area (Å²) in [5.74, 6) is -0.692. The zero-order chi connectivity index (χ0) is 14.5. The Morgan fingerprint density at radius 1 is 1.35 bits per heavy atom. The number of nitrogens with zero attached hydrogens (tertiary/aromatic N) is 1. The number of carboxylic acids is 1. The minimum Gasteiger partial charge on any atom is -0.481 e. The molecule has 3 heteroatoms. The monoisotopic (exact) mass is 275 g/mol. The van der Waals surface area contributed by atoms with Gasteiger partial charge in [0.1, 0.15) is 0 Å². The summed E-state index contributed by atoms with van der Waals surface area (Å²) >= 11 is 0. The van der Waals surface area contributed by atoms with Crippen LogP contribution in [-0.2, 0) is 17.6 Å². The lowest BCUT2D eigenvalue weighted by atomic mass is 9.87. The molecule has 0 radical (unpaired) electrons. The Balaban J connectivity index is 1.99. The fourth-order valence-corrected chi connectivity index (χ4v) is 3.24. The highest BCUT2D eigenvalue weighted by molar-refractivity contribution is 5.66. The second-order valence-electron chi connectivity index (χ2n) is 5.99. The van der Waals surface area contributed by atoms with Crippen molar-refractivity contribution in [3.8, 4) is 0 Å². The summed E-state index contributed by atoms with van der Waals surface area (Å²) in [7, 11) is 0. The van der Waals surface area contributed by atoms with Gasteiger partial charge in [-0.1, -0.05) is 24.3 Å². The maximum atomic E-state index is 10.7. The molecule has 0 fully saturated rings. The van der Waals surface area contributed by atoms with Gasteiger partial charge in [-0.2, -0.15) is 0 Å². The minimum atomic E-state index is -0.692. The molecular formula is C17H25NO2. The van der Waals surface area contributed by atoms with E-state index in [1.54, 1.807) is 0 Å². The minimum absolute atomic E-state index is 0.270. The number of fused-ring (bicyclic) bond motifs is 1. The Morgan fingerprint density at radius 2 is 2.05 bits per heavy atom. The molecule has 0 amide bonds. The highest BCUT2D eigenvalue weighted by atomic mass is 16.4. The number of hydrogen-bond donors (Lipinski definition) is 1. The largest absolute Gasteiger partial charge is 0.481 e. The van der Waals surface area contributed by atoms with E-state index in [1.165, 1.54) is 17.5 Å². The van der Waals surface area contributed by atoms with Crippen molar-refractivity contribution < 1.29 is 9.90 Å². The van der Waals surface area contributed by atoms with Crippen LogP contribution in [-0.4, -0.2) is 34.6 Å². The maximum absolute atomic E-state index is 10.7. The lowest BCUT2D eigenvalue weighted by Gasteiger charge is -2.38. The molecule has 1 aromatic rings. The third-order valence-corrected chi connectivity index (χ3v) is 4.26. The average molecular weight is 275 g/mol. The molecule has 20 heavy (non-hydrogen) atoms. The van der Waals surface area contributed by atoms with Crippen molar-refractivity contribution in [2.45, 2.75) is 58.0 Å². The topological polar surface area (TPSA) is 40.5 Å². The number of hydrogen-bond acceptors (Lipinski definition) is 2. The first-order valence-corrected chi connectivity index (χ1v) is 7.62. The van der Waals surface area contributed by atoms with Crippen LogP contribution in [0.3, 0.4) is 0 Å². The standard InChI is InChI=1S/C17H25NO2/c1-13(2)18(11-5-8-17(19)20)16-10-9-14-6-3-4-7-15(14)12-16/h3-4,6-7,13,16H,5,8-12H2,1-2H3,(H,19,20). The van der Waals surface area contributed by atoms with Crippen LogP contribution < -0.4 is 0 Å². The van der Waals surface area contributed by atoms with E-state index in [-0.39, 0.29) is 6.42 Å². The van der Waals surface area contributed by atoms with Crippen LogP contribution in [0, 0.1) is 0 Å². The van der Waals surface area contributed by atoms with E-state index in [0.29, 0.717) is 12.1 Å². The quantitative estimate of drug-likeness (QED) is 0.867.